The first-order chi connectivity index (χ1) is 12.3. The largest absolute Gasteiger partial charge is 0.330 e. The lowest BCUT2D eigenvalue weighted by atomic mass is 9.62. The van der Waals surface area contributed by atoms with Gasteiger partial charge in [0.05, 0.1) is 6.20 Å². The van der Waals surface area contributed by atoms with E-state index in [1.54, 1.807) is 0 Å². The van der Waals surface area contributed by atoms with Crippen LogP contribution in [0.15, 0.2) is 36.7 Å². The molecular formula is C21H26N4. The monoisotopic (exact) mass is 334 g/mol. The number of aromatic amines is 1. The lowest BCUT2D eigenvalue weighted by Gasteiger charge is -2.43. The number of aromatic nitrogens is 3. The Morgan fingerprint density at radius 2 is 2.12 bits per heavy atom. The molecule has 0 saturated heterocycles. The Bertz CT molecular complexity index is 876. The normalized spacial score (nSPS) is 16.1. The molecule has 0 aliphatic heterocycles. The number of fused-ring (bicyclic) bond motifs is 1. The van der Waals surface area contributed by atoms with Gasteiger partial charge in [0.2, 0.25) is 0 Å². The van der Waals surface area contributed by atoms with Crippen molar-refractivity contribution in [1.82, 2.24) is 15.2 Å². The number of nitrogens with one attached hydrogen (secondary N) is 1. The molecular weight excluding hydrogens is 308 g/mol. The van der Waals surface area contributed by atoms with Crippen LogP contribution in [0.3, 0.4) is 0 Å². The zero-order valence-corrected chi connectivity index (χ0v) is 14.9. The summed E-state index contributed by atoms with van der Waals surface area (Å²) in [7, 11) is 0. The van der Waals surface area contributed by atoms with Crippen molar-refractivity contribution in [2.75, 3.05) is 6.54 Å². The minimum Gasteiger partial charge on any atom is -0.330 e. The minimum absolute atomic E-state index is 0.287. The molecule has 4 rings (SSSR count). The predicted molar refractivity (Wildman–Crippen MR) is 103 cm³/mol. The number of pyridine rings is 1. The highest BCUT2D eigenvalue weighted by Crippen LogP contribution is 2.47. The maximum atomic E-state index is 5.95. The Morgan fingerprint density at radius 1 is 1.24 bits per heavy atom. The van der Waals surface area contributed by atoms with E-state index in [1.807, 2.05) is 12.4 Å². The Kier molecular flexibility index (Phi) is 4.30. The summed E-state index contributed by atoms with van der Waals surface area (Å²) < 4.78 is 0. The third-order valence-corrected chi connectivity index (χ3v) is 5.74. The number of hydrogen-bond acceptors (Lipinski definition) is 3. The Labute approximate surface area is 148 Å². The van der Waals surface area contributed by atoms with Crippen molar-refractivity contribution in [2.24, 2.45) is 5.73 Å². The summed E-state index contributed by atoms with van der Waals surface area (Å²) in [6, 6.07) is 9.25. The van der Waals surface area contributed by atoms with E-state index in [2.05, 4.69) is 46.4 Å². The molecule has 0 unspecified atom stereocenters. The van der Waals surface area contributed by atoms with Crippen molar-refractivity contribution in [1.29, 1.82) is 0 Å². The molecule has 0 atom stereocenters. The molecule has 3 aromatic rings. The van der Waals surface area contributed by atoms with Gasteiger partial charge >= 0.3 is 0 Å². The van der Waals surface area contributed by atoms with E-state index in [0.717, 1.165) is 36.8 Å². The maximum Gasteiger partial charge on any atom is 0.155 e. The Balaban J connectivity index is 1.86. The van der Waals surface area contributed by atoms with Gasteiger partial charge in [-0.2, -0.15) is 5.10 Å². The van der Waals surface area contributed by atoms with Crippen LogP contribution in [0.4, 0.5) is 0 Å². The van der Waals surface area contributed by atoms with Crippen molar-refractivity contribution in [3.05, 3.63) is 47.8 Å². The van der Waals surface area contributed by atoms with Crippen LogP contribution in [-0.4, -0.2) is 21.7 Å². The third-order valence-electron chi connectivity index (χ3n) is 5.74. The summed E-state index contributed by atoms with van der Waals surface area (Å²) in [5.74, 6) is 0. The lowest BCUT2D eigenvalue weighted by molar-refractivity contribution is 0.229. The lowest BCUT2D eigenvalue weighted by Crippen LogP contribution is -2.36. The van der Waals surface area contributed by atoms with E-state index < -0.39 is 0 Å². The summed E-state index contributed by atoms with van der Waals surface area (Å²) in [4.78, 5) is 4.38. The smallest absolute Gasteiger partial charge is 0.155 e. The van der Waals surface area contributed by atoms with Crippen molar-refractivity contribution in [2.45, 2.75) is 50.9 Å². The molecule has 1 fully saturated rings. The molecule has 2 aromatic heterocycles. The van der Waals surface area contributed by atoms with Crippen LogP contribution in [0.1, 0.15) is 50.2 Å². The predicted octanol–water partition coefficient (Wildman–Crippen LogP) is 4.35. The summed E-state index contributed by atoms with van der Waals surface area (Å²) in [6.45, 7) is 3.00. The molecule has 130 valence electrons. The van der Waals surface area contributed by atoms with Gasteiger partial charge < -0.3 is 5.73 Å². The number of nitrogens with zero attached hydrogens (tertiary/aromatic N) is 2. The van der Waals surface area contributed by atoms with Crippen molar-refractivity contribution < 1.29 is 0 Å². The summed E-state index contributed by atoms with van der Waals surface area (Å²) >= 11 is 0. The van der Waals surface area contributed by atoms with Crippen LogP contribution in [0.2, 0.25) is 0 Å². The van der Waals surface area contributed by atoms with E-state index in [4.69, 9.17) is 5.73 Å². The zero-order valence-electron chi connectivity index (χ0n) is 14.9. The summed E-state index contributed by atoms with van der Waals surface area (Å²) in [5.41, 5.74) is 12.5. The van der Waals surface area contributed by atoms with Crippen molar-refractivity contribution >= 4 is 11.0 Å². The van der Waals surface area contributed by atoms with Gasteiger partial charge in [-0.1, -0.05) is 38.0 Å². The van der Waals surface area contributed by atoms with E-state index >= 15 is 0 Å². The topological polar surface area (TPSA) is 67.6 Å². The highest BCUT2D eigenvalue weighted by molar-refractivity contribution is 5.92. The van der Waals surface area contributed by atoms with Crippen molar-refractivity contribution in [3.8, 4) is 11.1 Å². The molecule has 1 aliphatic rings. The van der Waals surface area contributed by atoms with Crippen LogP contribution in [0, 0.1) is 0 Å². The highest BCUT2D eigenvalue weighted by Gasteiger charge is 2.38. The van der Waals surface area contributed by atoms with Gasteiger partial charge in [-0.15, -0.1) is 0 Å². The average molecular weight is 334 g/mol. The fourth-order valence-electron chi connectivity index (χ4n) is 4.25. The van der Waals surface area contributed by atoms with Crippen LogP contribution in [0.5, 0.6) is 0 Å². The third kappa shape index (κ3) is 2.85. The van der Waals surface area contributed by atoms with E-state index in [-0.39, 0.29) is 5.41 Å². The Morgan fingerprint density at radius 3 is 2.84 bits per heavy atom. The van der Waals surface area contributed by atoms with Gasteiger partial charge in [-0.05, 0) is 66.0 Å². The van der Waals surface area contributed by atoms with Crippen LogP contribution < -0.4 is 5.73 Å². The SMILES string of the molecule is CCCc1cc(-c2ccnc3[nH]ncc23)cc(C2(CCN)CCC2)c1. The van der Waals surface area contributed by atoms with Crippen LogP contribution in [0.25, 0.3) is 22.2 Å². The van der Waals surface area contributed by atoms with Crippen LogP contribution >= 0.6 is 0 Å². The first kappa shape index (κ1) is 16.3. The molecule has 0 spiro atoms. The number of H-pyrrole nitrogens is 1. The zero-order chi connectivity index (χ0) is 17.3. The number of benzene rings is 1. The fraction of sp³-hybridized carbons (Fsp3) is 0.429. The molecule has 1 aliphatic carbocycles. The van der Waals surface area contributed by atoms with E-state index in [0.29, 0.717) is 0 Å². The molecule has 0 bridgehead atoms. The number of nitrogens with two attached hydrogens (primary N) is 1. The second kappa shape index (κ2) is 6.60. The summed E-state index contributed by atoms with van der Waals surface area (Å²) in [5, 5.41) is 8.24. The molecule has 0 amide bonds. The van der Waals surface area contributed by atoms with Gasteiger partial charge in [-0.25, -0.2) is 4.98 Å². The molecule has 3 N–H and O–H groups in total. The molecule has 1 aromatic carbocycles. The molecule has 25 heavy (non-hydrogen) atoms. The quantitative estimate of drug-likeness (QED) is 0.704. The molecule has 2 heterocycles. The van der Waals surface area contributed by atoms with Crippen molar-refractivity contribution in [3.63, 3.8) is 0 Å². The maximum absolute atomic E-state index is 5.95. The number of hydrogen-bond donors (Lipinski definition) is 2. The minimum atomic E-state index is 0.287. The second-order valence-corrected chi connectivity index (χ2v) is 7.33. The van der Waals surface area contributed by atoms with E-state index in [9.17, 15) is 0 Å². The molecule has 0 radical (unpaired) electrons. The van der Waals surface area contributed by atoms with E-state index in [1.165, 1.54) is 41.5 Å². The second-order valence-electron chi connectivity index (χ2n) is 7.33. The first-order valence-corrected chi connectivity index (χ1v) is 9.39. The number of aryl methyl sites for hydroxylation is 1. The highest BCUT2D eigenvalue weighted by atomic mass is 15.1. The van der Waals surface area contributed by atoms with Gasteiger partial charge in [0.1, 0.15) is 0 Å². The molecule has 1 saturated carbocycles. The fourth-order valence-corrected chi connectivity index (χ4v) is 4.25. The van der Waals surface area contributed by atoms with Gasteiger partial charge in [0, 0.05) is 11.6 Å². The average Bonchev–Trinajstić information content (AvgIpc) is 3.06. The van der Waals surface area contributed by atoms with Gasteiger partial charge in [0.15, 0.2) is 5.65 Å². The molecule has 4 heteroatoms. The molecule has 4 nitrogen and oxygen atoms in total. The number of rotatable bonds is 6. The van der Waals surface area contributed by atoms with Gasteiger partial charge in [-0.3, -0.25) is 5.10 Å². The first-order valence-electron chi connectivity index (χ1n) is 9.39. The van der Waals surface area contributed by atoms with Crippen LogP contribution in [-0.2, 0) is 11.8 Å². The van der Waals surface area contributed by atoms with Gasteiger partial charge in [0.25, 0.3) is 0 Å². The standard InChI is InChI=1S/C21H26N4/c1-2-4-15-11-16(18-5-10-23-20-19(18)14-24-25-20)13-17(12-15)21(8-9-22)6-3-7-21/h5,10-14H,2-4,6-9,22H2,1H3,(H,23,24,25). The summed E-state index contributed by atoms with van der Waals surface area (Å²) in [6.07, 6.45) is 10.9. The Hall–Kier alpha value is -2.20.